The van der Waals surface area contributed by atoms with Gasteiger partial charge < -0.3 is 14.9 Å². The number of hydrogen-bond acceptors (Lipinski definition) is 3. The topological polar surface area (TPSA) is 66.8 Å². The Hall–Kier alpha value is -3.01. The second-order valence-corrected chi connectivity index (χ2v) is 6.32. The number of ether oxygens (including phenoxy) is 1. The second-order valence-electron chi connectivity index (χ2n) is 6.32. The molecule has 136 valence electrons. The molecule has 0 amide bonds. The van der Waals surface area contributed by atoms with E-state index in [1.54, 1.807) is 12.1 Å². The molecule has 2 rings (SSSR count). The Morgan fingerprint density at radius 1 is 1.23 bits per heavy atom. The van der Waals surface area contributed by atoms with Gasteiger partial charge in [0.25, 0.3) is 0 Å². The van der Waals surface area contributed by atoms with Crippen molar-refractivity contribution in [3.05, 3.63) is 70.3 Å². The number of hydrogen-bond donors (Lipinski definition) is 2. The highest BCUT2D eigenvalue weighted by Gasteiger charge is 2.21. The summed E-state index contributed by atoms with van der Waals surface area (Å²) in [4.78, 5) is 11.8. The predicted octanol–water partition coefficient (Wildman–Crippen LogP) is 5.09. The van der Waals surface area contributed by atoms with Gasteiger partial charge in [0.1, 0.15) is 17.1 Å². The zero-order chi connectivity index (χ0) is 19.3. The molecule has 0 saturated carbocycles. The van der Waals surface area contributed by atoms with Crippen molar-refractivity contribution in [2.24, 2.45) is 0 Å². The molecule has 0 aromatic heterocycles. The van der Waals surface area contributed by atoms with E-state index in [2.05, 4.69) is 6.58 Å². The zero-order valence-electron chi connectivity index (χ0n) is 15.4. The molecule has 0 aliphatic rings. The Bertz CT molecular complexity index is 863. The summed E-state index contributed by atoms with van der Waals surface area (Å²) < 4.78 is 5.39. The van der Waals surface area contributed by atoms with Crippen molar-refractivity contribution in [3.63, 3.8) is 0 Å². The van der Waals surface area contributed by atoms with Crippen LogP contribution in [0.1, 0.15) is 46.0 Å². The third-order valence-corrected chi connectivity index (χ3v) is 4.26. The fourth-order valence-corrected chi connectivity index (χ4v) is 2.78. The van der Waals surface area contributed by atoms with Crippen LogP contribution in [-0.2, 0) is 6.42 Å². The summed E-state index contributed by atoms with van der Waals surface area (Å²) in [7, 11) is 1.51. The summed E-state index contributed by atoms with van der Waals surface area (Å²) in [6, 6.07) is 9.46. The number of rotatable bonds is 7. The third kappa shape index (κ3) is 4.33. The molecular formula is C22H24O4. The number of aryl methyl sites for hydroxylation is 1. The minimum Gasteiger partial charge on any atom is -0.507 e. The van der Waals surface area contributed by atoms with Gasteiger partial charge in [-0.15, -0.1) is 6.58 Å². The van der Waals surface area contributed by atoms with Gasteiger partial charge in [-0.05, 0) is 49.4 Å². The molecule has 0 heterocycles. The molecule has 0 bridgehead atoms. The molecule has 4 nitrogen and oxygen atoms in total. The predicted molar refractivity (Wildman–Crippen MR) is 105 cm³/mol. The average molecular weight is 352 g/mol. The molecule has 2 aromatic rings. The summed E-state index contributed by atoms with van der Waals surface area (Å²) in [5.74, 6) is -0.952. The third-order valence-electron chi connectivity index (χ3n) is 4.26. The molecule has 2 N–H and O–H groups in total. The number of carboxylic acid groups (broad SMARTS) is 1. The Kier molecular flexibility index (Phi) is 6.23. The van der Waals surface area contributed by atoms with Crippen molar-refractivity contribution >= 4 is 18.1 Å². The maximum atomic E-state index is 11.8. The van der Waals surface area contributed by atoms with Gasteiger partial charge in [-0.2, -0.15) is 0 Å². The highest BCUT2D eigenvalue weighted by Crippen LogP contribution is 2.36. The van der Waals surface area contributed by atoms with Crippen LogP contribution in [0.2, 0.25) is 0 Å². The standard InChI is InChI=1S/C22H24O4/c1-14(2)9-12-18-19(26-4)13-17(20(21(18)23)22(24)25)11-10-16-8-6-5-7-15(16)3/h5-8,10-11,13,23H,1,9,12H2,2-4H3,(H,24,25). The number of phenols is 1. The summed E-state index contributed by atoms with van der Waals surface area (Å²) >= 11 is 0. The molecule has 4 heteroatoms. The minimum atomic E-state index is -1.17. The smallest absolute Gasteiger partial charge is 0.340 e. The van der Waals surface area contributed by atoms with Crippen molar-refractivity contribution in [1.29, 1.82) is 0 Å². The largest absolute Gasteiger partial charge is 0.507 e. The molecule has 0 fully saturated rings. The van der Waals surface area contributed by atoms with Gasteiger partial charge in [0.2, 0.25) is 0 Å². The number of carboxylic acids is 1. The Balaban J connectivity index is 2.55. The molecule has 0 spiro atoms. The van der Waals surface area contributed by atoms with Crippen molar-refractivity contribution in [1.82, 2.24) is 0 Å². The lowest BCUT2D eigenvalue weighted by Crippen LogP contribution is -2.05. The first kappa shape index (κ1) is 19.3. The van der Waals surface area contributed by atoms with Crippen LogP contribution in [0.25, 0.3) is 12.2 Å². The van der Waals surface area contributed by atoms with Crippen LogP contribution in [-0.4, -0.2) is 23.3 Å². The molecule has 0 unspecified atom stereocenters. The molecule has 26 heavy (non-hydrogen) atoms. The first-order valence-corrected chi connectivity index (χ1v) is 8.39. The first-order chi connectivity index (χ1) is 12.3. The number of allylic oxidation sites excluding steroid dienone is 1. The van der Waals surface area contributed by atoms with Gasteiger partial charge in [0, 0.05) is 5.56 Å². The normalized spacial score (nSPS) is 10.9. The Morgan fingerprint density at radius 2 is 1.88 bits per heavy atom. The molecule has 0 radical (unpaired) electrons. The molecule has 2 aromatic carbocycles. The van der Waals surface area contributed by atoms with E-state index < -0.39 is 5.97 Å². The van der Waals surface area contributed by atoms with Crippen LogP contribution in [0.4, 0.5) is 0 Å². The van der Waals surface area contributed by atoms with E-state index in [-0.39, 0.29) is 11.3 Å². The van der Waals surface area contributed by atoms with Gasteiger partial charge >= 0.3 is 5.97 Å². The van der Waals surface area contributed by atoms with E-state index in [9.17, 15) is 15.0 Å². The van der Waals surface area contributed by atoms with Crippen molar-refractivity contribution in [2.75, 3.05) is 7.11 Å². The summed E-state index contributed by atoms with van der Waals surface area (Å²) in [5, 5.41) is 20.2. The summed E-state index contributed by atoms with van der Waals surface area (Å²) in [6.45, 7) is 7.72. The maximum absolute atomic E-state index is 11.8. The van der Waals surface area contributed by atoms with Gasteiger partial charge in [-0.25, -0.2) is 4.79 Å². The first-order valence-electron chi connectivity index (χ1n) is 8.39. The van der Waals surface area contributed by atoms with E-state index in [1.807, 2.05) is 44.2 Å². The number of methoxy groups -OCH3 is 1. The zero-order valence-corrected chi connectivity index (χ0v) is 15.4. The number of aromatic hydroxyl groups is 1. The van der Waals surface area contributed by atoms with E-state index in [0.29, 0.717) is 29.7 Å². The van der Waals surface area contributed by atoms with Crippen LogP contribution in [0.3, 0.4) is 0 Å². The lowest BCUT2D eigenvalue weighted by atomic mass is 9.96. The Labute approximate surface area is 154 Å². The molecule has 0 aliphatic heterocycles. The molecule has 0 saturated heterocycles. The summed E-state index contributed by atoms with van der Waals surface area (Å²) in [5.41, 5.74) is 3.78. The molecule has 0 aliphatic carbocycles. The average Bonchev–Trinajstić information content (AvgIpc) is 2.59. The number of benzene rings is 2. The molecule has 0 atom stereocenters. The minimum absolute atomic E-state index is 0.118. The monoisotopic (exact) mass is 352 g/mol. The van der Waals surface area contributed by atoms with Crippen LogP contribution in [0.15, 0.2) is 42.5 Å². The SMILES string of the molecule is C=C(C)CCc1c(OC)cc(C=Cc2ccccc2C)c(C(=O)O)c1O. The highest BCUT2D eigenvalue weighted by molar-refractivity contribution is 5.97. The van der Waals surface area contributed by atoms with Crippen molar-refractivity contribution in [3.8, 4) is 11.5 Å². The van der Waals surface area contributed by atoms with E-state index in [1.165, 1.54) is 7.11 Å². The van der Waals surface area contributed by atoms with Gasteiger partial charge in [-0.3, -0.25) is 0 Å². The fourth-order valence-electron chi connectivity index (χ4n) is 2.78. The maximum Gasteiger partial charge on any atom is 0.340 e. The lowest BCUT2D eigenvalue weighted by Gasteiger charge is -2.15. The van der Waals surface area contributed by atoms with Gasteiger partial charge in [0.15, 0.2) is 0 Å². The number of aromatic carboxylic acids is 1. The van der Waals surface area contributed by atoms with Gasteiger partial charge in [0.05, 0.1) is 7.11 Å². The Morgan fingerprint density at radius 3 is 2.46 bits per heavy atom. The van der Waals surface area contributed by atoms with Crippen LogP contribution in [0, 0.1) is 6.92 Å². The summed E-state index contributed by atoms with van der Waals surface area (Å²) in [6.07, 6.45) is 4.63. The van der Waals surface area contributed by atoms with Gasteiger partial charge in [-0.1, -0.05) is 42.0 Å². The quantitative estimate of drug-likeness (QED) is 0.538. The highest BCUT2D eigenvalue weighted by atomic mass is 16.5. The van der Waals surface area contributed by atoms with Crippen LogP contribution >= 0.6 is 0 Å². The van der Waals surface area contributed by atoms with Crippen LogP contribution in [0.5, 0.6) is 11.5 Å². The van der Waals surface area contributed by atoms with Crippen molar-refractivity contribution in [2.45, 2.75) is 26.7 Å². The van der Waals surface area contributed by atoms with E-state index >= 15 is 0 Å². The lowest BCUT2D eigenvalue weighted by molar-refractivity contribution is 0.0693. The fraction of sp³-hybridized carbons (Fsp3) is 0.227. The van der Waals surface area contributed by atoms with Crippen molar-refractivity contribution < 1.29 is 19.7 Å². The number of carbonyl (C=O) groups is 1. The van der Waals surface area contributed by atoms with Crippen LogP contribution < -0.4 is 4.74 Å². The second kappa shape index (κ2) is 8.39. The molecular weight excluding hydrogens is 328 g/mol. The van der Waals surface area contributed by atoms with E-state index in [4.69, 9.17) is 4.74 Å². The van der Waals surface area contributed by atoms with E-state index in [0.717, 1.165) is 16.7 Å².